The van der Waals surface area contributed by atoms with Gasteiger partial charge in [-0.05, 0) is 37.5 Å². The van der Waals surface area contributed by atoms with Crippen LogP contribution in [0.2, 0.25) is 0 Å². The molecule has 0 bridgehead atoms. The number of halogens is 1. The lowest BCUT2D eigenvalue weighted by atomic mass is 9.98. The summed E-state index contributed by atoms with van der Waals surface area (Å²) in [6.45, 7) is 2.07. The van der Waals surface area contributed by atoms with Gasteiger partial charge in [-0.25, -0.2) is 12.8 Å². The summed E-state index contributed by atoms with van der Waals surface area (Å²) in [5.74, 6) is -1.47. The zero-order chi connectivity index (χ0) is 14.9. The van der Waals surface area contributed by atoms with Crippen molar-refractivity contribution in [3.8, 4) is 0 Å². The van der Waals surface area contributed by atoms with Crippen LogP contribution in [0.25, 0.3) is 0 Å². The van der Waals surface area contributed by atoms with Gasteiger partial charge in [-0.1, -0.05) is 6.07 Å². The van der Waals surface area contributed by atoms with Crippen LogP contribution >= 0.6 is 0 Å². The van der Waals surface area contributed by atoms with Crippen molar-refractivity contribution >= 4 is 15.9 Å². The molecule has 0 radical (unpaired) electrons. The Balaban J connectivity index is 2.24. The molecule has 0 saturated carbocycles. The van der Waals surface area contributed by atoms with Crippen molar-refractivity contribution in [2.75, 3.05) is 13.1 Å². The number of primary amides is 1. The number of carbonyl (C=O) groups excluding carboxylic acids is 1. The molecule has 1 aromatic rings. The van der Waals surface area contributed by atoms with E-state index in [1.165, 1.54) is 16.4 Å². The maximum absolute atomic E-state index is 13.7. The van der Waals surface area contributed by atoms with Gasteiger partial charge < -0.3 is 5.73 Å². The summed E-state index contributed by atoms with van der Waals surface area (Å²) in [6.07, 6.45) is 0.754. The summed E-state index contributed by atoms with van der Waals surface area (Å²) in [7, 11) is -3.86. The minimum absolute atomic E-state index is 0.184. The van der Waals surface area contributed by atoms with Crippen LogP contribution in [0.4, 0.5) is 4.39 Å². The molecule has 110 valence electrons. The zero-order valence-corrected chi connectivity index (χ0v) is 12.0. The fourth-order valence-electron chi connectivity index (χ4n) is 2.33. The Morgan fingerprint density at radius 1 is 1.35 bits per heavy atom. The van der Waals surface area contributed by atoms with Gasteiger partial charge in [-0.2, -0.15) is 4.31 Å². The monoisotopic (exact) mass is 300 g/mol. The number of hydrogen-bond acceptors (Lipinski definition) is 3. The lowest BCUT2D eigenvalue weighted by molar-refractivity contribution is -0.122. The number of hydrogen-bond donors (Lipinski definition) is 1. The molecule has 1 amide bonds. The highest BCUT2D eigenvalue weighted by atomic mass is 32.2. The SMILES string of the molecule is Cc1ccc(F)c(S(=O)(=O)N2CCC(C(N)=O)CC2)c1. The second-order valence-electron chi connectivity index (χ2n) is 5.01. The standard InChI is InChI=1S/C13H17FN2O3S/c1-9-2-3-11(14)12(8-9)20(18,19)16-6-4-10(5-7-16)13(15)17/h2-3,8,10H,4-7H2,1H3,(H2,15,17). The summed E-state index contributed by atoms with van der Waals surface area (Å²) in [5.41, 5.74) is 5.89. The Kier molecular flexibility index (Phi) is 4.10. The Labute approximate surface area is 117 Å². The Morgan fingerprint density at radius 2 is 1.95 bits per heavy atom. The number of benzene rings is 1. The molecule has 0 aliphatic carbocycles. The fourth-order valence-corrected chi connectivity index (χ4v) is 3.95. The smallest absolute Gasteiger partial charge is 0.245 e. The lowest BCUT2D eigenvalue weighted by Gasteiger charge is -2.29. The molecule has 0 aromatic heterocycles. The molecule has 1 aromatic carbocycles. The Bertz CT molecular complexity index is 623. The second kappa shape index (κ2) is 5.49. The number of sulfonamides is 1. The number of nitrogens with zero attached hydrogens (tertiary/aromatic N) is 1. The number of carbonyl (C=O) groups is 1. The normalized spacial score (nSPS) is 18.1. The summed E-state index contributed by atoms with van der Waals surface area (Å²) >= 11 is 0. The Hall–Kier alpha value is -1.47. The van der Waals surface area contributed by atoms with Crippen molar-refractivity contribution in [2.45, 2.75) is 24.7 Å². The maximum Gasteiger partial charge on any atom is 0.245 e. The second-order valence-corrected chi connectivity index (χ2v) is 6.92. The largest absolute Gasteiger partial charge is 0.369 e. The van der Waals surface area contributed by atoms with Gasteiger partial charge in [0.05, 0.1) is 0 Å². The molecule has 0 unspecified atom stereocenters. The predicted octanol–water partition coefficient (Wildman–Crippen LogP) is 1.02. The van der Waals surface area contributed by atoms with Crippen molar-refractivity contribution in [1.29, 1.82) is 0 Å². The zero-order valence-electron chi connectivity index (χ0n) is 11.2. The van der Waals surface area contributed by atoms with Crippen LogP contribution in [-0.4, -0.2) is 31.7 Å². The minimum atomic E-state index is -3.86. The topological polar surface area (TPSA) is 80.5 Å². The van der Waals surface area contributed by atoms with Crippen molar-refractivity contribution < 1.29 is 17.6 Å². The van der Waals surface area contributed by atoms with Crippen molar-refractivity contribution in [3.63, 3.8) is 0 Å². The highest BCUT2D eigenvalue weighted by molar-refractivity contribution is 7.89. The van der Waals surface area contributed by atoms with E-state index < -0.39 is 21.7 Å². The average Bonchev–Trinajstić information content (AvgIpc) is 2.41. The summed E-state index contributed by atoms with van der Waals surface area (Å²) < 4.78 is 39.8. The number of nitrogens with two attached hydrogens (primary N) is 1. The number of rotatable bonds is 3. The molecule has 1 saturated heterocycles. The highest BCUT2D eigenvalue weighted by Crippen LogP contribution is 2.25. The van der Waals surface area contributed by atoms with Gasteiger partial charge in [0.2, 0.25) is 15.9 Å². The van der Waals surface area contributed by atoms with E-state index in [-0.39, 0.29) is 23.9 Å². The number of piperidine rings is 1. The van der Waals surface area contributed by atoms with Gasteiger partial charge in [0, 0.05) is 19.0 Å². The third-order valence-corrected chi connectivity index (χ3v) is 5.47. The van der Waals surface area contributed by atoms with Crippen molar-refractivity contribution in [2.24, 2.45) is 11.7 Å². The highest BCUT2D eigenvalue weighted by Gasteiger charge is 2.32. The van der Waals surface area contributed by atoms with E-state index in [0.717, 1.165) is 6.07 Å². The molecule has 1 aliphatic rings. The molecule has 0 atom stereocenters. The Morgan fingerprint density at radius 3 is 2.50 bits per heavy atom. The van der Waals surface area contributed by atoms with E-state index in [0.29, 0.717) is 18.4 Å². The van der Waals surface area contributed by atoms with Gasteiger partial charge in [0.15, 0.2) is 0 Å². The molecular formula is C13H17FN2O3S. The quantitative estimate of drug-likeness (QED) is 0.905. The van der Waals surface area contributed by atoms with E-state index >= 15 is 0 Å². The molecule has 1 heterocycles. The first-order chi connectivity index (χ1) is 9.32. The van der Waals surface area contributed by atoms with E-state index in [1.807, 2.05) is 0 Å². The molecule has 2 rings (SSSR count). The van der Waals surface area contributed by atoms with Crippen LogP contribution in [0.15, 0.2) is 23.1 Å². The van der Waals surface area contributed by atoms with Gasteiger partial charge in [0.25, 0.3) is 0 Å². The van der Waals surface area contributed by atoms with E-state index in [4.69, 9.17) is 5.73 Å². The molecule has 2 N–H and O–H groups in total. The third-order valence-electron chi connectivity index (χ3n) is 3.56. The van der Waals surface area contributed by atoms with Gasteiger partial charge in [0.1, 0.15) is 10.7 Å². The van der Waals surface area contributed by atoms with Gasteiger partial charge in [-0.3, -0.25) is 4.79 Å². The maximum atomic E-state index is 13.7. The number of amides is 1. The molecule has 0 spiro atoms. The van der Waals surface area contributed by atoms with Gasteiger partial charge >= 0.3 is 0 Å². The first kappa shape index (κ1) is 14.9. The molecule has 20 heavy (non-hydrogen) atoms. The van der Waals surface area contributed by atoms with Gasteiger partial charge in [-0.15, -0.1) is 0 Å². The van der Waals surface area contributed by atoms with E-state index in [1.54, 1.807) is 6.92 Å². The van der Waals surface area contributed by atoms with Crippen LogP contribution in [0, 0.1) is 18.7 Å². The minimum Gasteiger partial charge on any atom is -0.369 e. The van der Waals surface area contributed by atoms with Crippen LogP contribution < -0.4 is 5.73 Å². The summed E-state index contributed by atoms with van der Waals surface area (Å²) in [6, 6.07) is 4.00. The van der Waals surface area contributed by atoms with Crippen molar-refractivity contribution in [3.05, 3.63) is 29.6 Å². The molecular weight excluding hydrogens is 283 g/mol. The van der Waals surface area contributed by atoms with Crippen LogP contribution in [0.5, 0.6) is 0 Å². The molecule has 1 fully saturated rings. The van der Waals surface area contributed by atoms with E-state index in [2.05, 4.69) is 0 Å². The first-order valence-electron chi connectivity index (χ1n) is 6.38. The molecule has 5 nitrogen and oxygen atoms in total. The number of aryl methyl sites for hydroxylation is 1. The average molecular weight is 300 g/mol. The van der Waals surface area contributed by atoms with Crippen LogP contribution in [0.1, 0.15) is 18.4 Å². The molecule has 7 heteroatoms. The van der Waals surface area contributed by atoms with Crippen molar-refractivity contribution in [1.82, 2.24) is 4.31 Å². The summed E-state index contributed by atoms with van der Waals surface area (Å²) in [4.78, 5) is 10.8. The van der Waals surface area contributed by atoms with E-state index in [9.17, 15) is 17.6 Å². The predicted molar refractivity (Wildman–Crippen MR) is 71.8 cm³/mol. The van der Waals surface area contributed by atoms with Crippen LogP contribution in [-0.2, 0) is 14.8 Å². The lowest BCUT2D eigenvalue weighted by Crippen LogP contribution is -2.41. The fraction of sp³-hybridized carbons (Fsp3) is 0.462. The molecule has 1 aliphatic heterocycles. The summed E-state index contributed by atoms with van der Waals surface area (Å²) in [5, 5.41) is 0. The third kappa shape index (κ3) is 2.83. The first-order valence-corrected chi connectivity index (χ1v) is 7.82. The van der Waals surface area contributed by atoms with Crippen LogP contribution in [0.3, 0.4) is 0 Å².